The number of pyridine rings is 1. The largest absolute Gasteiger partial charge is 0.397 e. The van der Waals surface area contributed by atoms with Gasteiger partial charge in [0.2, 0.25) is 5.78 Å². The van der Waals surface area contributed by atoms with Crippen molar-refractivity contribution in [3.05, 3.63) is 52.4 Å². The molecular formula is C15H10N4OS. The molecular weight excluding hydrogens is 284 g/mol. The molecule has 0 unspecified atom stereocenters. The number of ketones is 1. The van der Waals surface area contributed by atoms with E-state index in [2.05, 4.69) is 4.98 Å². The summed E-state index contributed by atoms with van der Waals surface area (Å²) >= 11 is 1.19. The molecule has 0 bridgehead atoms. The second-order valence-corrected chi connectivity index (χ2v) is 5.42. The van der Waals surface area contributed by atoms with E-state index in [9.17, 15) is 4.79 Å². The fraction of sp³-hybridized carbons (Fsp3) is 0. The van der Waals surface area contributed by atoms with E-state index in [1.54, 1.807) is 30.3 Å². The standard InChI is InChI=1S/C15H10N4OS/c16-7-9-6-10-11(17)13(21-15(10)19-14(9)18)12(20)8-4-2-1-3-5-8/h1-6H,17H2,(H2,18,19). The molecule has 0 saturated heterocycles. The Labute approximate surface area is 124 Å². The smallest absolute Gasteiger partial charge is 0.205 e. The summed E-state index contributed by atoms with van der Waals surface area (Å²) in [5.41, 5.74) is 12.9. The fourth-order valence-corrected chi connectivity index (χ4v) is 3.08. The molecule has 0 amide bonds. The number of rotatable bonds is 2. The molecule has 0 fully saturated rings. The lowest BCUT2D eigenvalue weighted by atomic mass is 10.1. The van der Waals surface area contributed by atoms with Crippen LogP contribution in [-0.4, -0.2) is 10.8 Å². The third-order valence-electron chi connectivity index (χ3n) is 3.11. The van der Waals surface area contributed by atoms with Crippen LogP contribution in [0.4, 0.5) is 11.5 Å². The third kappa shape index (κ3) is 2.10. The molecule has 0 spiro atoms. The molecule has 6 heteroatoms. The molecule has 4 N–H and O–H groups in total. The molecule has 0 saturated carbocycles. The van der Waals surface area contributed by atoms with E-state index in [-0.39, 0.29) is 17.2 Å². The number of fused-ring (bicyclic) bond motifs is 1. The number of aromatic nitrogens is 1. The third-order valence-corrected chi connectivity index (χ3v) is 4.23. The zero-order chi connectivity index (χ0) is 15.0. The lowest BCUT2D eigenvalue weighted by molar-refractivity contribution is 0.104. The van der Waals surface area contributed by atoms with E-state index in [0.29, 0.717) is 26.3 Å². The SMILES string of the molecule is N#Cc1cc2c(N)c(C(=O)c3ccccc3)sc2nc1N. The minimum atomic E-state index is -0.159. The first-order valence-electron chi connectivity index (χ1n) is 6.10. The minimum absolute atomic E-state index is 0.143. The van der Waals surface area contributed by atoms with E-state index in [1.165, 1.54) is 11.3 Å². The van der Waals surface area contributed by atoms with Crippen LogP contribution in [0.3, 0.4) is 0 Å². The highest BCUT2D eigenvalue weighted by Crippen LogP contribution is 2.35. The van der Waals surface area contributed by atoms with Gasteiger partial charge in [-0.15, -0.1) is 11.3 Å². The maximum absolute atomic E-state index is 12.5. The molecule has 2 aromatic heterocycles. The second kappa shape index (κ2) is 4.89. The van der Waals surface area contributed by atoms with Gasteiger partial charge in [0.05, 0.1) is 11.3 Å². The average Bonchev–Trinajstić information content (AvgIpc) is 2.82. The molecule has 3 aromatic rings. The van der Waals surface area contributed by atoms with Gasteiger partial charge in [0.1, 0.15) is 21.6 Å². The maximum Gasteiger partial charge on any atom is 0.205 e. The van der Waals surface area contributed by atoms with Crippen LogP contribution in [0.15, 0.2) is 36.4 Å². The maximum atomic E-state index is 12.5. The predicted octanol–water partition coefficient (Wildman–Crippen LogP) is 2.56. The molecule has 1 aromatic carbocycles. The van der Waals surface area contributed by atoms with Crippen LogP contribution in [0, 0.1) is 11.3 Å². The summed E-state index contributed by atoms with van der Waals surface area (Å²) in [5, 5.41) is 9.58. The molecule has 21 heavy (non-hydrogen) atoms. The lowest BCUT2D eigenvalue weighted by Gasteiger charge is -1.99. The van der Waals surface area contributed by atoms with Gasteiger partial charge in [-0.2, -0.15) is 5.26 Å². The van der Waals surface area contributed by atoms with E-state index in [4.69, 9.17) is 16.7 Å². The van der Waals surface area contributed by atoms with E-state index < -0.39 is 0 Å². The van der Waals surface area contributed by atoms with Gasteiger partial charge in [-0.3, -0.25) is 4.79 Å². The van der Waals surface area contributed by atoms with Crippen molar-refractivity contribution in [1.82, 2.24) is 4.98 Å². The van der Waals surface area contributed by atoms with E-state index in [0.717, 1.165) is 0 Å². The Morgan fingerprint density at radius 3 is 2.62 bits per heavy atom. The number of thiophene rings is 1. The second-order valence-electron chi connectivity index (χ2n) is 4.43. The minimum Gasteiger partial charge on any atom is -0.397 e. The van der Waals surface area contributed by atoms with Crippen LogP contribution in [0.1, 0.15) is 20.8 Å². The number of hydrogen-bond acceptors (Lipinski definition) is 6. The predicted molar refractivity (Wildman–Crippen MR) is 83.0 cm³/mol. The Bertz CT molecular complexity index is 893. The van der Waals surface area contributed by atoms with Gasteiger partial charge in [0, 0.05) is 10.9 Å². The normalized spacial score (nSPS) is 10.4. The number of nitrogens with zero attached hydrogens (tertiary/aromatic N) is 2. The first kappa shape index (κ1) is 13.1. The van der Waals surface area contributed by atoms with Crippen molar-refractivity contribution in [2.45, 2.75) is 0 Å². The fourth-order valence-electron chi connectivity index (χ4n) is 2.03. The van der Waals surface area contributed by atoms with Gasteiger partial charge in [-0.05, 0) is 6.07 Å². The summed E-state index contributed by atoms with van der Waals surface area (Å²) in [5.74, 6) is -0.0156. The number of carbonyl (C=O) groups is 1. The van der Waals surface area contributed by atoms with Gasteiger partial charge < -0.3 is 11.5 Å². The summed E-state index contributed by atoms with van der Waals surface area (Å²) < 4.78 is 0. The monoisotopic (exact) mass is 294 g/mol. The van der Waals surface area contributed by atoms with Crippen molar-refractivity contribution in [3.8, 4) is 6.07 Å². The van der Waals surface area contributed by atoms with Crippen LogP contribution in [0.2, 0.25) is 0 Å². The first-order valence-corrected chi connectivity index (χ1v) is 6.92. The number of nitriles is 1. The molecule has 0 aliphatic heterocycles. The molecule has 0 aliphatic carbocycles. The van der Waals surface area contributed by atoms with Crippen molar-refractivity contribution in [3.63, 3.8) is 0 Å². The number of anilines is 2. The Balaban J connectivity index is 2.19. The van der Waals surface area contributed by atoms with Gasteiger partial charge >= 0.3 is 0 Å². The van der Waals surface area contributed by atoms with Gasteiger partial charge in [-0.25, -0.2) is 4.98 Å². The van der Waals surface area contributed by atoms with Gasteiger partial charge in [-0.1, -0.05) is 30.3 Å². The molecule has 102 valence electrons. The summed E-state index contributed by atoms with van der Waals surface area (Å²) in [6.07, 6.45) is 0. The average molecular weight is 294 g/mol. The van der Waals surface area contributed by atoms with Crippen LogP contribution >= 0.6 is 11.3 Å². The Morgan fingerprint density at radius 1 is 1.24 bits per heavy atom. The van der Waals surface area contributed by atoms with Crippen molar-refractivity contribution in [2.24, 2.45) is 0 Å². The van der Waals surface area contributed by atoms with Crippen LogP contribution in [-0.2, 0) is 0 Å². The summed E-state index contributed by atoms with van der Waals surface area (Å²) in [4.78, 5) is 17.6. The lowest BCUT2D eigenvalue weighted by Crippen LogP contribution is -2.01. The van der Waals surface area contributed by atoms with Gasteiger partial charge in [0.15, 0.2) is 0 Å². The first-order chi connectivity index (χ1) is 10.1. The van der Waals surface area contributed by atoms with Crippen molar-refractivity contribution in [2.75, 3.05) is 11.5 Å². The molecule has 2 heterocycles. The summed E-state index contributed by atoms with van der Waals surface area (Å²) in [6.45, 7) is 0. The topological polar surface area (TPSA) is 106 Å². The Hall–Kier alpha value is -2.91. The summed E-state index contributed by atoms with van der Waals surface area (Å²) in [7, 11) is 0. The Morgan fingerprint density at radius 2 is 1.95 bits per heavy atom. The molecule has 5 nitrogen and oxygen atoms in total. The summed E-state index contributed by atoms with van der Waals surface area (Å²) in [6, 6.07) is 12.4. The molecule has 0 atom stereocenters. The zero-order valence-corrected chi connectivity index (χ0v) is 11.6. The van der Waals surface area contributed by atoms with E-state index in [1.807, 2.05) is 12.1 Å². The van der Waals surface area contributed by atoms with E-state index >= 15 is 0 Å². The number of carbonyl (C=O) groups excluding carboxylic acids is 1. The highest BCUT2D eigenvalue weighted by molar-refractivity contribution is 7.21. The molecule has 0 radical (unpaired) electrons. The number of hydrogen-bond donors (Lipinski definition) is 2. The highest BCUT2D eigenvalue weighted by atomic mass is 32.1. The molecule has 0 aliphatic rings. The quantitative estimate of drug-likeness (QED) is 0.706. The van der Waals surface area contributed by atoms with Crippen LogP contribution in [0.5, 0.6) is 0 Å². The van der Waals surface area contributed by atoms with Crippen molar-refractivity contribution >= 4 is 38.8 Å². The number of nitrogen functional groups attached to an aromatic ring is 2. The van der Waals surface area contributed by atoms with Gasteiger partial charge in [0.25, 0.3) is 0 Å². The highest BCUT2D eigenvalue weighted by Gasteiger charge is 2.19. The number of nitrogens with two attached hydrogens (primary N) is 2. The number of benzene rings is 1. The van der Waals surface area contributed by atoms with Crippen molar-refractivity contribution < 1.29 is 4.79 Å². The Kier molecular flexibility index (Phi) is 3.05. The van der Waals surface area contributed by atoms with Crippen molar-refractivity contribution in [1.29, 1.82) is 5.26 Å². The van der Waals surface area contributed by atoms with Crippen LogP contribution in [0.25, 0.3) is 10.2 Å². The zero-order valence-electron chi connectivity index (χ0n) is 10.8. The molecule has 3 rings (SSSR count). The van der Waals surface area contributed by atoms with Crippen LogP contribution < -0.4 is 11.5 Å².